The van der Waals surface area contributed by atoms with Gasteiger partial charge in [0.05, 0.1) is 11.8 Å². The molecule has 2 unspecified atom stereocenters. The first kappa shape index (κ1) is 13.2. The summed E-state index contributed by atoms with van der Waals surface area (Å²) in [5, 5.41) is 0. The smallest absolute Gasteiger partial charge is 0.150 e. The zero-order valence-electron chi connectivity index (χ0n) is 11.3. The maximum absolute atomic E-state index is 6.47. The highest BCUT2D eigenvalue weighted by Crippen LogP contribution is 2.31. The molecule has 18 heavy (non-hydrogen) atoms. The van der Waals surface area contributed by atoms with Crippen LogP contribution < -0.4 is 5.73 Å². The molecule has 0 saturated heterocycles. The van der Waals surface area contributed by atoms with Crippen LogP contribution in [0.15, 0.2) is 23.3 Å². The van der Waals surface area contributed by atoms with Crippen molar-refractivity contribution in [2.24, 2.45) is 16.6 Å². The predicted molar refractivity (Wildman–Crippen MR) is 72.6 cm³/mol. The molecule has 0 aromatic carbocycles. The molecule has 0 radical (unpaired) electrons. The van der Waals surface area contributed by atoms with Crippen molar-refractivity contribution in [3.8, 4) is 0 Å². The van der Waals surface area contributed by atoms with Crippen molar-refractivity contribution in [1.82, 2.24) is 4.98 Å². The SMILES string of the molecule is COC1C=NC(N)(CC(C)C)c2ncccc2C1. The zero-order chi connectivity index (χ0) is 13.2. The van der Waals surface area contributed by atoms with E-state index >= 15 is 0 Å². The molecule has 1 aromatic heterocycles. The monoisotopic (exact) mass is 247 g/mol. The van der Waals surface area contributed by atoms with E-state index < -0.39 is 5.66 Å². The van der Waals surface area contributed by atoms with E-state index in [9.17, 15) is 0 Å². The minimum absolute atomic E-state index is 0.0227. The third kappa shape index (κ3) is 2.60. The zero-order valence-corrected chi connectivity index (χ0v) is 11.3. The van der Waals surface area contributed by atoms with E-state index in [1.807, 2.05) is 12.3 Å². The second-order valence-corrected chi connectivity index (χ2v) is 5.29. The number of aromatic nitrogens is 1. The Kier molecular flexibility index (Phi) is 3.78. The normalized spacial score (nSPS) is 27.1. The van der Waals surface area contributed by atoms with Crippen molar-refractivity contribution in [3.63, 3.8) is 0 Å². The van der Waals surface area contributed by atoms with Crippen LogP contribution in [-0.4, -0.2) is 24.4 Å². The molecule has 0 amide bonds. The van der Waals surface area contributed by atoms with Gasteiger partial charge in [0, 0.05) is 25.9 Å². The Balaban J connectivity index is 2.45. The first-order chi connectivity index (χ1) is 8.55. The number of pyridine rings is 1. The number of methoxy groups -OCH3 is 1. The van der Waals surface area contributed by atoms with Crippen LogP contribution in [-0.2, 0) is 16.8 Å². The van der Waals surface area contributed by atoms with Crippen molar-refractivity contribution in [2.75, 3.05) is 7.11 Å². The van der Waals surface area contributed by atoms with Crippen molar-refractivity contribution < 1.29 is 4.74 Å². The second kappa shape index (κ2) is 5.16. The fourth-order valence-electron chi connectivity index (χ4n) is 2.46. The molecule has 0 aliphatic carbocycles. The molecular formula is C14H21N3O. The Hall–Kier alpha value is -1.26. The molecule has 98 valence electrons. The number of hydrogen-bond acceptors (Lipinski definition) is 4. The summed E-state index contributed by atoms with van der Waals surface area (Å²) in [6, 6.07) is 4.00. The van der Waals surface area contributed by atoms with Gasteiger partial charge in [-0.2, -0.15) is 0 Å². The van der Waals surface area contributed by atoms with Crippen LogP contribution in [0.4, 0.5) is 0 Å². The minimum Gasteiger partial charge on any atom is -0.375 e. The average molecular weight is 247 g/mol. The average Bonchev–Trinajstić information content (AvgIpc) is 2.46. The molecular weight excluding hydrogens is 226 g/mol. The van der Waals surface area contributed by atoms with Crippen LogP contribution in [0, 0.1) is 5.92 Å². The quantitative estimate of drug-likeness (QED) is 0.887. The van der Waals surface area contributed by atoms with Crippen molar-refractivity contribution in [2.45, 2.75) is 38.5 Å². The van der Waals surface area contributed by atoms with E-state index in [1.54, 1.807) is 13.3 Å². The van der Waals surface area contributed by atoms with E-state index in [0.717, 1.165) is 24.1 Å². The molecule has 2 rings (SSSR count). The van der Waals surface area contributed by atoms with Crippen molar-refractivity contribution in [3.05, 3.63) is 29.6 Å². The van der Waals surface area contributed by atoms with Gasteiger partial charge in [0.15, 0.2) is 5.66 Å². The molecule has 0 saturated carbocycles. The number of nitrogens with two attached hydrogens (primary N) is 1. The Bertz CT molecular complexity index is 444. The lowest BCUT2D eigenvalue weighted by Crippen LogP contribution is -2.37. The number of rotatable bonds is 3. The third-order valence-corrected chi connectivity index (χ3v) is 3.22. The molecule has 2 atom stereocenters. The van der Waals surface area contributed by atoms with Crippen LogP contribution in [0.25, 0.3) is 0 Å². The van der Waals surface area contributed by atoms with Crippen LogP contribution in [0.1, 0.15) is 31.5 Å². The minimum atomic E-state index is -0.724. The lowest BCUT2D eigenvalue weighted by Gasteiger charge is -2.27. The van der Waals surface area contributed by atoms with E-state index in [1.165, 1.54) is 0 Å². The van der Waals surface area contributed by atoms with Gasteiger partial charge in [-0.1, -0.05) is 19.9 Å². The maximum atomic E-state index is 6.47. The van der Waals surface area contributed by atoms with Gasteiger partial charge in [-0.3, -0.25) is 9.98 Å². The summed E-state index contributed by atoms with van der Waals surface area (Å²) in [5.41, 5.74) is 7.76. The summed E-state index contributed by atoms with van der Waals surface area (Å²) in [4.78, 5) is 9.01. The highest BCUT2D eigenvalue weighted by atomic mass is 16.5. The van der Waals surface area contributed by atoms with Crippen LogP contribution >= 0.6 is 0 Å². The summed E-state index contributed by atoms with van der Waals surface area (Å²) in [5.74, 6) is 0.459. The van der Waals surface area contributed by atoms with Crippen LogP contribution in [0.5, 0.6) is 0 Å². The Morgan fingerprint density at radius 1 is 1.56 bits per heavy atom. The summed E-state index contributed by atoms with van der Waals surface area (Å²) in [7, 11) is 1.69. The van der Waals surface area contributed by atoms with Crippen LogP contribution in [0.2, 0.25) is 0 Å². The first-order valence-corrected chi connectivity index (χ1v) is 6.36. The van der Waals surface area contributed by atoms with Gasteiger partial charge >= 0.3 is 0 Å². The van der Waals surface area contributed by atoms with Gasteiger partial charge in [-0.05, 0) is 24.0 Å². The van der Waals surface area contributed by atoms with E-state index in [0.29, 0.717) is 5.92 Å². The number of hydrogen-bond donors (Lipinski definition) is 1. The molecule has 0 bridgehead atoms. The number of aliphatic imine (C=N–C) groups is 1. The van der Waals surface area contributed by atoms with Crippen molar-refractivity contribution >= 4 is 6.21 Å². The summed E-state index contributed by atoms with van der Waals surface area (Å²) in [6.07, 6.45) is 5.14. The molecule has 1 aromatic rings. The van der Waals surface area contributed by atoms with Gasteiger partial charge in [0.2, 0.25) is 0 Å². The van der Waals surface area contributed by atoms with E-state index in [-0.39, 0.29) is 6.10 Å². The summed E-state index contributed by atoms with van der Waals surface area (Å²) >= 11 is 0. The summed E-state index contributed by atoms with van der Waals surface area (Å²) in [6.45, 7) is 4.29. The molecule has 0 spiro atoms. The molecule has 1 aliphatic heterocycles. The molecule has 2 N–H and O–H groups in total. The molecule has 4 nitrogen and oxygen atoms in total. The first-order valence-electron chi connectivity index (χ1n) is 6.36. The highest BCUT2D eigenvalue weighted by molar-refractivity contribution is 5.66. The Labute approximate surface area is 108 Å². The van der Waals surface area contributed by atoms with Gasteiger partial charge in [0.1, 0.15) is 0 Å². The largest absolute Gasteiger partial charge is 0.375 e. The van der Waals surface area contributed by atoms with Crippen molar-refractivity contribution in [1.29, 1.82) is 0 Å². The number of nitrogens with zero attached hydrogens (tertiary/aromatic N) is 2. The lowest BCUT2D eigenvalue weighted by atomic mass is 9.92. The second-order valence-electron chi connectivity index (χ2n) is 5.29. The lowest BCUT2D eigenvalue weighted by molar-refractivity contribution is 0.160. The third-order valence-electron chi connectivity index (χ3n) is 3.22. The van der Waals surface area contributed by atoms with Gasteiger partial charge in [-0.15, -0.1) is 0 Å². The maximum Gasteiger partial charge on any atom is 0.150 e. The fourth-order valence-corrected chi connectivity index (χ4v) is 2.46. The Morgan fingerprint density at radius 3 is 3.00 bits per heavy atom. The fraction of sp³-hybridized carbons (Fsp3) is 0.571. The molecule has 4 heteroatoms. The standard InChI is InChI=1S/C14H21N3O/c1-10(2)8-14(15)13-11(5-4-6-16-13)7-12(18-3)9-17-14/h4-6,9-10,12H,7-8,15H2,1-3H3. The Morgan fingerprint density at radius 2 is 2.33 bits per heavy atom. The predicted octanol–water partition coefficient (Wildman–Crippen LogP) is 1.88. The topological polar surface area (TPSA) is 60.5 Å². The highest BCUT2D eigenvalue weighted by Gasteiger charge is 2.33. The molecule has 2 heterocycles. The molecule has 0 fully saturated rings. The number of fused-ring (bicyclic) bond motifs is 1. The van der Waals surface area contributed by atoms with E-state index in [4.69, 9.17) is 10.5 Å². The molecule has 1 aliphatic rings. The summed E-state index contributed by atoms with van der Waals surface area (Å²) < 4.78 is 5.39. The van der Waals surface area contributed by atoms with Gasteiger partial charge in [-0.25, -0.2) is 0 Å². The van der Waals surface area contributed by atoms with Gasteiger partial charge < -0.3 is 10.5 Å². The van der Waals surface area contributed by atoms with E-state index in [2.05, 4.69) is 29.9 Å². The van der Waals surface area contributed by atoms with Crippen LogP contribution in [0.3, 0.4) is 0 Å². The number of ether oxygens (including phenoxy) is 1. The van der Waals surface area contributed by atoms with Gasteiger partial charge in [0.25, 0.3) is 0 Å².